The molecule has 0 atom stereocenters. The quantitative estimate of drug-likeness (QED) is 0.713. The number of aromatic nitrogens is 2. The van der Waals surface area contributed by atoms with Crippen molar-refractivity contribution in [2.45, 2.75) is 32.6 Å². The first kappa shape index (κ1) is 17.2. The van der Waals surface area contributed by atoms with Crippen LogP contribution >= 0.6 is 22.9 Å². The minimum Gasteiger partial charge on any atom is -0.467 e. The summed E-state index contributed by atoms with van der Waals surface area (Å²) in [6, 6.07) is 5.34. The smallest absolute Gasteiger partial charge is 0.262 e. The van der Waals surface area contributed by atoms with Crippen molar-refractivity contribution in [1.82, 2.24) is 9.97 Å². The van der Waals surface area contributed by atoms with Crippen LogP contribution in [0.15, 0.2) is 24.5 Å². The molecule has 134 valence electrons. The average molecular weight is 388 g/mol. The number of ether oxygens (including phenoxy) is 1. The van der Waals surface area contributed by atoms with Gasteiger partial charge in [-0.3, -0.25) is 4.79 Å². The summed E-state index contributed by atoms with van der Waals surface area (Å²) in [5, 5.41) is 4.46. The summed E-state index contributed by atoms with van der Waals surface area (Å²) < 4.78 is 5.76. The standard InChI is InChI=1S/C19H18ClN3O2S/c1-11-8-12(20)6-7-14(11)23-16(24)9-25-18-17-13-4-2-3-5-15(13)26-19(17)22-10-21-18/h6-8,10H,2-5,9H2,1H3,(H,23,24). The maximum absolute atomic E-state index is 12.3. The number of nitrogens with zero attached hydrogens (tertiary/aromatic N) is 2. The topological polar surface area (TPSA) is 64.1 Å². The van der Waals surface area contributed by atoms with E-state index >= 15 is 0 Å². The van der Waals surface area contributed by atoms with Crippen molar-refractivity contribution in [1.29, 1.82) is 0 Å². The zero-order chi connectivity index (χ0) is 18.1. The molecule has 1 amide bonds. The van der Waals surface area contributed by atoms with Gasteiger partial charge in [-0.25, -0.2) is 9.97 Å². The third-order valence-corrected chi connectivity index (χ3v) is 5.95. The van der Waals surface area contributed by atoms with Crippen molar-refractivity contribution < 1.29 is 9.53 Å². The molecule has 0 bridgehead atoms. The van der Waals surface area contributed by atoms with Crippen molar-refractivity contribution >= 4 is 44.7 Å². The van der Waals surface area contributed by atoms with E-state index in [4.69, 9.17) is 16.3 Å². The van der Waals surface area contributed by atoms with Crippen molar-refractivity contribution in [2.24, 2.45) is 0 Å². The van der Waals surface area contributed by atoms with Gasteiger partial charge in [0.25, 0.3) is 5.91 Å². The number of rotatable bonds is 4. The fourth-order valence-electron chi connectivity index (χ4n) is 3.26. The van der Waals surface area contributed by atoms with Crippen LogP contribution in [-0.2, 0) is 17.6 Å². The number of nitrogens with one attached hydrogen (secondary N) is 1. The lowest BCUT2D eigenvalue weighted by molar-refractivity contribution is -0.118. The highest BCUT2D eigenvalue weighted by Crippen LogP contribution is 2.38. The van der Waals surface area contributed by atoms with E-state index in [9.17, 15) is 4.79 Å². The minimum absolute atomic E-state index is 0.0984. The Bertz CT molecular complexity index is 986. The normalized spacial score (nSPS) is 13.5. The van der Waals surface area contributed by atoms with Crippen molar-refractivity contribution in [3.63, 3.8) is 0 Å². The van der Waals surface area contributed by atoms with Gasteiger partial charge >= 0.3 is 0 Å². The highest BCUT2D eigenvalue weighted by atomic mass is 35.5. The third-order valence-electron chi connectivity index (χ3n) is 4.52. The summed E-state index contributed by atoms with van der Waals surface area (Å²) in [6.45, 7) is 1.80. The Balaban J connectivity index is 1.51. The Kier molecular flexibility index (Phi) is 4.78. The maximum atomic E-state index is 12.3. The van der Waals surface area contributed by atoms with Gasteiger partial charge in [0.2, 0.25) is 5.88 Å². The number of thiophene rings is 1. The van der Waals surface area contributed by atoms with Gasteiger partial charge in [0.1, 0.15) is 11.2 Å². The van der Waals surface area contributed by atoms with Crippen LogP contribution in [0.3, 0.4) is 0 Å². The average Bonchev–Trinajstić information content (AvgIpc) is 3.01. The molecule has 0 unspecified atom stereocenters. The number of amides is 1. The molecule has 1 N–H and O–H groups in total. The Hall–Kier alpha value is -2.18. The predicted octanol–water partition coefficient (Wildman–Crippen LogP) is 4.55. The van der Waals surface area contributed by atoms with E-state index in [1.54, 1.807) is 23.5 Å². The van der Waals surface area contributed by atoms with Crippen molar-refractivity contribution in [3.8, 4) is 5.88 Å². The van der Waals surface area contributed by atoms with Crippen LogP contribution in [-0.4, -0.2) is 22.5 Å². The molecule has 1 aliphatic rings. The number of carbonyl (C=O) groups is 1. The third kappa shape index (κ3) is 3.39. The Morgan fingerprint density at radius 2 is 2.15 bits per heavy atom. The Morgan fingerprint density at radius 1 is 1.31 bits per heavy atom. The van der Waals surface area contributed by atoms with Crippen LogP contribution in [0.25, 0.3) is 10.2 Å². The summed E-state index contributed by atoms with van der Waals surface area (Å²) in [4.78, 5) is 23.2. The summed E-state index contributed by atoms with van der Waals surface area (Å²) in [6.07, 6.45) is 6.00. The first-order valence-electron chi connectivity index (χ1n) is 8.56. The molecule has 7 heteroatoms. The molecular formula is C19H18ClN3O2S. The highest BCUT2D eigenvalue weighted by molar-refractivity contribution is 7.18. The SMILES string of the molecule is Cc1cc(Cl)ccc1NC(=O)COc1ncnc2sc3c(c12)CCCC3. The van der Waals surface area contributed by atoms with Crippen molar-refractivity contribution in [3.05, 3.63) is 45.6 Å². The van der Waals surface area contributed by atoms with E-state index in [0.29, 0.717) is 10.9 Å². The second-order valence-electron chi connectivity index (χ2n) is 6.37. The van der Waals surface area contributed by atoms with Crippen LogP contribution < -0.4 is 10.1 Å². The van der Waals surface area contributed by atoms with Crippen LogP contribution in [0.4, 0.5) is 5.69 Å². The lowest BCUT2D eigenvalue weighted by Crippen LogP contribution is -2.21. The molecule has 1 aromatic carbocycles. The predicted molar refractivity (Wildman–Crippen MR) is 104 cm³/mol. The summed E-state index contributed by atoms with van der Waals surface area (Å²) in [5.41, 5.74) is 2.92. The number of carbonyl (C=O) groups excluding carboxylic acids is 1. The van der Waals surface area contributed by atoms with E-state index in [-0.39, 0.29) is 12.5 Å². The Labute approximate surface area is 160 Å². The molecule has 26 heavy (non-hydrogen) atoms. The fourth-order valence-corrected chi connectivity index (χ4v) is 4.70. The maximum Gasteiger partial charge on any atom is 0.262 e. The zero-order valence-corrected chi connectivity index (χ0v) is 15.9. The molecule has 0 spiro atoms. The van der Waals surface area contributed by atoms with E-state index in [2.05, 4.69) is 15.3 Å². The summed E-state index contributed by atoms with van der Waals surface area (Å²) in [7, 11) is 0. The number of aryl methyl sites for hydroxylation is 3. The molecular weight excluding hydrogens is 370 g/mol. The van der Waals surface area contributed by atoms with Gasteiger partial charge in [0.05, 0.1) is 5.39 Å². The Morgan fingerprint density at radius 3 is 3.00 bits per heavy atom. The van der Waals surface area contributed by atoms with Gasteiger partial charge in [-0.15, -0.1) is 11.3 Å². The minimum atomic E-state index is -0.230. The fraction of sp³-hybridized carbons (Fsp3) is 0.316. The molecule has 0 aliphatic heterocycles. The van der Waals surface area contributed by atoms with Gasteiger partial charge in [0, 0.05) is 15.6 Å². The lowest BCUT2D eigenvalue weighted by atomic mass is 9.97. The van der Waals surface area contributed by atoms with E-state index in [0.717, 1.165) is 34.3 Å². The second kappa shape index (κ2) is 7.21. The molecule has 5 nitrogen and oxygen atoms in total. The molecule has 1 aliphatic carbocycles. The van der Waals surface area contributed by atoms with Crippen LogP contribution in [0.5, 0.6) is 5.88 Å². The number of benzene rings is 1. The van der Waals surface area contributed by atoms with Gasteiger partial charge in [0.15, 0.2) is 6.61 Å². The first-order chi connectivity index (χ1) is 12.6. The van der Waals surface area contributed by atoms with E-state index in [1.165, 1.54) is 29.6 Å². The van der Waals surface area contributed by atoms with Gasteiger partial charge < -0.3 is 10.1 Å². The highest BCUT2D eigenvalue weighted by Gasteiger charge is 2.21. The van der Waals surface area contributed by atoms with E-state index < -0.39 is 0 Å². The second-order valence-corrected chi connectivity index (χ2v) is 7.89. The largest absolute Gasteiger partial charge is 0.467 e. The lowest BCUT2D eigenvalue weighted by Gasteiger charge is -2.12. The molecule has 0 saturated carbocycles. The van der Waals surface area contributed by atoms with Gasteiger partial charge in [-0.1, -0.05) is 11.6 Å². The number of halogens is 1. The first-order valence-corrected chi connectivity index (χ1v) is 9.75. The number of fused-ring (bicyclic) bond motifs is 3. The van der Waals surface area contributed by atoms with Crippen LogP contribution in [0.1, 0.15) is 28.8 Å². The molecule has 0 saturated heterocycles. The van der Waals surface area contributed by atoms with Gasteiger partial charge in [-0.2, -0.15) is 0 Å². The van der Waals surface area contributed by atoms with Crippen LogP contribution in [0.2, 0.25) is 5.02 Å². The molecule has 3 aromatic rings. The van der Waals surface area contributed by atoms with E-state index in [1.807, 2.05) is 13.0 Å². The molecule has 2 heterocycles. The van der Waals surface area contributed by atoms with Crippen molar-refractivity contribution in [2.75, 3.05) is 11.9 Å². The molecule has 0 radical (unpaired) electrons. The monoisotopic (exact) mass is 387 g/mol. The van der Waals surface area contributed by atoms with Gasteiger partial charge in [-0.05, 0) is 61.9 Å². The number of anilines is 1. The molecule has 0 fully saturated rings. The molecule has 2 aromatic heterocycles. The van der Waals surface area contributed by atoms with Crippen LogP contribution in [0, 0.1) is 6.92 Å². The zero-order valence-electron chi connectivity index (χ0n) is 14.3. The summed E-state index contributed by atoms with van der Waals surface area (Å²) >= 11 is 7.66. The number of hydrogen-bond acceptors (Lipinski definition) is 5. The molecule has 4 rings (SSSR count). The summed E-state index contributed by atoms with van der Waals surface area (Å²) in [5.74, 6) is 0.267. The number of hydrogen-bond donors (Lipinski definition) is 1.